The molecule has 1 aromatic rings. The van der Waals surface area contributed by atoms with Crippen LogP contribution in [0.5, 0.6) is 11.5 Å². The second kappa shape index (κ2) is 4.21. The standard InChI is InChI=1S/C11H13NO3/c1-2-12-11(13)10-7-14-8-5-3-4-6-9(8)15-10/h3-6,10H,2,7H2,1H3,(H,12,13)/t10-/m0/s1. The molecule has 1 aliphatic heterocycles. The average molecular weight is 207 g/mol. The number of carbonyl (C=O) groups is 1. The molecule has 2 rings (SSSR count). The minimum absolute atomic E-state index is 0.132. The summed E-state index contributed by atoms with van der Waals surface area (Å²) >= 11 is 0. The summed E-state index contributed by atoms with van der Waals surface area (Å²) in [6.45, 7) is 2.73. The monoisotopic (exact) mass is 207 g/mol. The summed E-state index contributed by atoms with van der Waals surface area (Å²) in [6.07, 6.45) is -0.542. The Kier molecular flexibility index (Phi) is 2.76. The van der Waals surface area contributed by atoms with E-state index in [1.807, 2.05) is 25.1 Å². The van der Waals surface area contributed by atoms with Gasteiger partial charge in [-0.15, -0.1) is 0 Å². The molecule has 0 bridgehead atoms. The minimum atomic E-state index is -0.542. The number of hydrogen-bond donors (Lipinski definition) is 1. The van der Waals surface area contributed by atoms with Crippen molar-refractivity contribution in [2.45, 2.75) is 13.0 Å². The number of fused-ring (bicyclic) bond motifs is 1. The average Bonchev–Trinajstić information content (AvgIpc) is 2.29. The number of ether oxygens (including phenoxy) is 2. The normalized spacial score (nSPS) is 18.3. The van der Waals surface area contributed by atoms with Gasteiger partial charge in [0.25, 0.3) is 5.91 Å². The van der Waals surface area contributed by atoms with Crippen molar-refractivity contribution in [1.29, 1.82) is 0 Å². The molecule has 4 nitrogen and oxygen atoms in total. The van der Waals surface area contributed by atoms with Crippen molar-refractivity contribution in [2.24, 2.45) is 0 Å². The van der Waals surface area contributed by atoms with Gasteiger partial charge in [-0.25, -0.2) is 0 Å². The van der Waals surface area contributed by atoms with Crippen molar-refractivity contribution in [1.82, 2.24) is 5.32 Å². The number of likely N-dealkylation sites (N-methyl/N-ethyl adjacent to an activating group) is 1. The summed E-state index contributed by atoms with van der Waals surface area (Å²) in [5.41, 5.74) is 0. The van der Waals surface area contributed by atoms with Gasteiger partial charge in [-0.1, -0.05) is 12.1 Å². The van der Waals surface area contributed by atoms with Crippen LogP contribution in [-0.4, -0.2) is 25.2 Å². The maximum Gasteiger partial charge on any atom is 0.264 e. The summed E-state index contributed by atoms with van der Waals surface area (Å²) < 4.78 is 10.9. The van der Waals surface area contributed by atoms with Crippen LogP contribution in [0.15, 0.2) is 24.3 Å². The van der Waals surface area contributed by atoms with Crippen LogP contribution in [-0.2, 0) is 4.79 Å². The fraction of sp³-hybridized carbons (Fsp3) is 0.364. The summed E-state index contributed by atoms with van der Waals surface area (Å²) in [4.78, 5) is 11.5. The number of hydrogen-bond acceptors (Lipinski definition) is 3. The molecule has 0 saturated carbocycles. The van der Waals surface area contributed by atoms with Crippen LogP contribution in [0.4, 0.5) is 0 Å². The van der Waals surface area contributed by atoms with Gasteiger partial charge in [0, 0.05) is 6.54 Å². The van der Waals surface area contributed by atoms with E-state index in [0.29, 0.717) is 18.0 Å². The Morgan fingerprint density at radius 3 is 2.93 bits per heavy atom. The molecule has 1 aromatic carbocycles. The van der Waals surface area contributed by atoms with Crippen LogP contribution >= 0.6 is 0 Å². The molecule has 0 aromatic heterocycles. The molecule has 1 aliphatic rings. The van der Waals surface area contributed by atoms with E-state index in [9.17, 15) is 4.79 Å². The van der Waals surface area contributed by atoms with Crippen molar-refractivity contribution in [3.05, 3.63) is 24.3 Å². The van der Waals surface area contributed by atoms with Gasteiger partial charge in [0.2, 0.25) is 6.10 Å². The van der Waals surface area contributed by atoms with E-state index in [1.54, 1.807) is 6.07 Å². The van der Waals surface area contributed by atoms with Crippen LogP contribution < -0.4 is 14.8 Å². The van der Waals surface area contributed by atoms with Gasteiger partial charge in [0.05, 0.1) is 0 Å². The molecule has 4 heteroatoms. The molecule has 1 N–H and O–H groups in total. The number of rotatable bonds is 2. The summed E-state index contributed by atoms with van der Waals surface area (Å²) in [7, 11) is 0. The van der Waals surface area contributed by atoms with E-state index in [2.05, 4.69) is 5.32 Å². The number of nitrogens with one attached hydrogen (secondary N) is 1. The first-order chi connectivity index (χ1) is 7.31. The van der Waals surface area contributed by atoms with E-state index in [0.717, 1.165) is 0 Å². The lowest BCUT2D eigenvalue weighted by Crippen LogP contribution is -2.43. The lowest BCUT2D eigenvalue weighted by Gasteiger charge is -2.25. The first-order valence-corrected chi connectivity index (χ1v) is 4.97. The molecular formula is C11H13NO3. The van der Waals surface area contributed by atoms with E-state index in [4.69, 9.17) is 9.47 Å². The SMILES string of the molecule is CCNC(=O)[C@@H]1COc2ccccc2O1. The molecule has 0 aliphatic carbocycles. The van der Waals surface area contributed by atoms with Gasteiger partial charge in [0.15, 0.2) is 11.5 Å². The third kappa shape index (κ3) is 2.03. The quantitative estimate of drug-likeness (QED) is 0.785. The summed E-state index contributed by atoms with van der Waals surface area (Å²) in [5.74, 6) is 1.19. The molecule has 0 fully saturated rings. The molecular weight excluding hydrogens is 194 g/mol. The highest BCUT2D eigenvalue weighted by Crippen LogP contribution is 2.30. The third-order valence-corrected chi connectivity index (χ3v) is 2.15. The Bertz CT molecular complexity index is 365. The largest absolute Gasteiger partial charge is 0.485 e. The van der Waals surface area contributed by atoms with E-state index >= 15 is 0 Å². The smallest absolute Gasteiger partial charge is 0.264 e. The highest BCUT2D eigenvalue weighted by Gasteiger charge is 2.26. The van der Waals surface area contributed by atoms with Gasteiger partial charge >= 0.3 is 0 Å². The molecule has 1 atom stereocenters. The predicted molar refractivity (Wildman–Crippen MR) is 55.0 cm³/mol. The lowest BCUT2D eigenvalue weighted by molar-refractivity contribution is -0.130. The Hall–Kier alpha value is -1.71. The topological polar surface area (TPSA) is 47.6 Å². The molecule has 0 unspecified atom stereocenters. The van der Waals surface area contributed by atoms with Crippen molar-refractivity contribution >= 4 is 5.91 Å². The Labute approximate surface area is 88.2 Å². The Morgan fingerprint density at radius 2 is 2.20 bits per heavy atom. The fourth-order valence-corrected chi connectivity index (χ4v) is 1.44. The lowest BCUT2D eigenvalue weighted by atomic mass is 10.2. The van der Waals surface area contributed by atoms with Crippen LogP contribution in [0.1, 0.15) is 6.92 Å². The molecule has 0 saturated heterocycles. The minimum Gasteiger partial charge on any atom is -0.485 e. The zero-order valence-electron chi connectivity index (χ0n) is 8.53. The fourth-order valence-electron chi connectivity index (χ4n) is 1.44. The van der Waals surface area contributed by atoms with E-state index < -0.39 is 6.10 Å². The summed E-state index contributed by atoms with van der Waals surface area (Å²) in [6, 6.07) is 7.33. The molecule has 15 heavy (non-hydrogen) atoms. The third-order valence-electron chi connectivity index (χ3n) is 2.15. The maximum absolute atomic E-state index is 11.5. The zero-order chi connectivity index (χ0) is 10.7. The number of carbonyl (C=O) groups excluding carboxylic acids is 1. The second-order valence-corrected chi connectivity index (χ2v) is 3.26. The number of amides is 1. The highest BCUT2D eigenvalue weighted by atomic mass is 16.6. The first kappa shape index (κ1) is 9.83. The molecule has 1 heterocycles. The number of benzene rings is 1. The second-order valence-electron chi connectivity index (χ2n) is 3.26. The molecule has 80 valence electrons. The van der Waals surface area contributed by atoms with Crippen molar-refractivity contribution in [3.63, 3.8) is 0 Å². The maximum atomic E-state index is 11.5. The van der Waals surface area contributed by atoms with Gasteiger partial charge in [-0.2, -0.15) is 0 Å². The summed E-state index contributed by atoms with van der Waals surface area (Å²) in [5, 5.41) is 2.70. The van der Waals surface area contributed by atoms with Crippen molar-refractivity contribution in [3.8, 4) is 11.5 Å². The van der Waals surface area contributed by atoms with Gasteiger partial charge in [0.1, 0.15) is 6.61 Å². The highest BCUT2D eigenvalue weighted by molar-refractivity contribution is 5.81. The number of para-hydroxylation sites is 2. The zero-order valence-corrected chi connectivity index (χ0v) is 8.53. The first-order valence-electron chi connectivity index (χ1n) is 4.97. The van der Waals surface area contributed by atoms with Gasteiger partial charge in [-0.05, 0) is 19.1 Å². The van der Waals surface area contributed by atoms with Crippen LogP contribution in [0, 0.1) is 0 Å². The van der Waals surface area contributed by atoms with Gasteiger partial charge in [-0.3, -0.25) is 4.79 Å². The Morgan fingerprint density at radius 1 is 1.47 bits per heavy atom. The van der Waals surface area contributed by atoms with Crippen molar-refractivity contribution < 1.29 is 14.3 Å². The molecule has 0 radical (unpaired) electrons. The molecule has 1 amide bonds. The van der Waals surface area contributed by atoms with Crippen LogP contribution in [0.25, 0.3) is 0 Å². The molecule has 0 spiro atoms. The van der Waals surface area contributed by atoms with Crippen LogP contribution in [0.3, 0.4) is 0 Å². The van der Waals surface area contributed by atoms with E-state index in [-0.39, 0.29) is 12.5 Å². The van der Waals surface area contributed by atoms with Crippen LogP contribution in [0.2, 0.25) is 0 Å². The predicted octanol–water partition coefficient (Wildman–Crippen LogP) is 0.962. The van der Waals surface area contributed by atoms with Crippen molar-refractivity contribution in [2.75, 3.05) is 13.2 Å². The van der Waals surface area contributed by atoms with Gasteiger partial charge < -0.3 is 14.8 Å². The Balaban J connectivity index is 2.08. The van der Waals surface area contributed by atoms with E-state index in [1.165, 1.54) is 0 Å².